The highest BCUT2D eigenvalue weighted by molar-refractivity contribution is 5.78. The predicted octanol–water partition coefficient (Wildman–Crippen LogP) is 0.862. The lowest BCUT2D eigenvalue weighted by Gasteiger charge is -2.22. The van der Waals surface area contributed by atoms with Crippen LogP contribution < -0.4 is 9.64 Å². The fourth-order valence-corrected chi connectivity index (χ4v) is 2.75. The Labute approximate surface area is 157 Å². The number of rotatable bonds is 4. The summed E-state index contributed by atoms with van der Waals surface area (Å²) in [6, 6.07) is 5.51. The monoisotopic (exact) mass is 373 g/mol. The molecule has 1 N–H and O–H groups in total. The summed E-state index contributed by atoms with van der Waals surface area (Å²) in [4.78, 5) is 37.6. The van der Waals surface area contributed by atoms with E-state index in [1.54, 1.807) is 31.8 Å². The number of hydrogen-bond donors (Lipinski definition) is 1. The molecule has 9 nitrogen and oxygen atoms in total. The first-order chi connectivity index (χ1) is 13.2. The van der Waals surface area contributed by atoms with Crippen molar-refractivity contribution >= 4 is 18.3 Å². The molecule has 0 atom stereocenters. The van der Waals surface area contributed by atoms with Gasteiger partial charge in [0, 0.05) is 50.8 Å². The minimum absolute atomic E-state index is 0.136. The van der Waals surface area contributed by atoms with Crippen LogP contribution in [0.25, 0.3) is 0 Å². The highest BCUT2D eigenvalue weighted by Crippen LogP contribution is 2.15. The summed E-state index contributed by atoms with van der Waals surface area (Å²) in [6.45, 7) is 2.70. The summed E-state index contributed by atoms with van der Waals surface area (Å²) in [7, 11) is 1.59. The zero-order valence-electron chi connectivity index (χ0n) is 15.2. The van der Waals surface area contributed by atoms with Gasteiger partial charge in [-0.2, -0.15) is 4.98 Å². The zero-order valence-corrected chi connectivity index (χ0v) is 15.2. The molecular weight excluding hydrogens is 350 g/mol. The van der Waals surface area contributed by atoms with E-state index >= 15 is 0 Å². The number of carbonyl (C=O) groups is 2. The molecule has 0 bridgehead atoms. The summed E-state index contributed by atoms with van der Waals surface area (Å²) < 4.78 is 5.15. The number of carboxylic acid groups (broad SMARTS) is 1. The summed E-state index contributed by atoms with van der Waals surface area (Å²) in [5.41, 5.74) is 0.944. The van der Waals surface area contributed by atoms with Crippen LogP contribution in [0.15, 0.2) is 36.8 Å². The first-order valence-corrected chi connectivity index (χ1v) is 8.54. The maximum Gasteiger partial charge on any atom is 0.290 e. The van der Waals surface area contributed by atoms with Gasteiger partial charge in [0.05, 0.1) is 13.5 Å². The Hall–Kier alpha value is -3.23. The molecule has 0 aromatic carbocycles. The van der Waals surface area contributed by atoms with E-state index in [1.165, 1.54) is 0 Å². The molecule has 1 aliphatic heterocycles. The van der Waals surface area contributed by atoms with Gasteiger partial charge in [0.2, 0.25) is 17.7 Å². The van der Waals surface area contributed by atoms with Crippen molar-refractivity contribution in [2.45, 2.75) is 12.8 Å². The minimum atomic E-state index is -0.250. The van der Waals surface area contributed by atoms with E-state index in [2.05, 4.69) is 19.9 Å². The van der Waals surface area contributed by atoms with Crippen LogP contribution in [0.1, 0.15) is 12.0 Å². The predicted molar refractivity (Wildman–Crippen MR) is 98.6 cm³/mol. The summed E-state index contributed by atoms with van der Waals surface area (Å²) in [5.74, 6) is 1.33. The second-order valence-corrected chi connectivity index (χ2v) is 5.76. The second-order valence-electron chi connectivity index (χ2n) is 5.76. The summed E-state index contributed by atoms with van der Waals surface area (Å²) >= 11 is 0. The lowest BCUT2D eigenvalue weighted by molar-refractivity contribution is -0.130. The highest BCUT2D eigenvalue weighted by Gasteiger charge is 2.21. The summed E-state index contributed by atoms with van der Waals surface area (Å²) in [5, 5.41) is 6.89. The van der Waals surface area contributed by atoms with Crippen molar-refractivity contribution in [2.24, 2.45) is 0 Å². The molecule has 9 heteroatoms. The fourth-order valence-electron chi connectivity index (χ4n) is 2.75. The molecule has 0 radical (unpaired) electrons. The third-order valence-corrected chi connectivity index (χ3v) is 4.04. The first-order valence-electron chi connectivity index (χ1n) is 8.54. The van der Waals surface area contributed by atoms with Crippen LogP contribution in [0.3, 0.4) is 0 Å². The van der Waals surface area contributed by atoms with Gasteiger partial charge in [-0.15, -0.1) is 0 Å². The van der Waals surface area contributed by atoms with Crippen LogP contribution in [0.5, 0.6) is 5.88 Å². The number of ether oxygens (including phenoxy) is 1. The molecule has 0 spiro atoms. The molecule has 1 amide bonds. The third kappa shape index (κ3) is 6.21. The van der Waals surface area contributed by atoms with Crippen molar-refractivity contribution in [2.75, 3.05) is 38.2 Å². The van der Waals surface area contributed by atoms with E-state index in [0.29, 0.717) is 31.3 Å². The lowest BCUT2D eigenvalue weighted by atomic mass is 10.2. The van der Waals surface area contributed by atoms with Gasteiger partial charge in [-0.05, 0) is 18.1 Å². The maximum atomic E-state index is 12.5. The Kier molecular flexibility index (Phi) is 7.95. The van der Waals surface area contributed by atoms with Crippen LogP contribution in [0.2, 0.25) is 0 Å². The highest BCUT2D eigenvalue weighted by atomic mass is 16.5. The van der Waals surface area contributed by atoms with E-state index in [0.717, 1.165) is 25.1 Å². The van der Waals surface area contributed by atoms with Gasteiger partial charge in [0.15, 0.2) is 0 Å². The Morgan fingerprint density at radius 3 is 2.78 bits per heavy atom. The Bertz CT molecular complexity index is 729. The van der Waals surface area contributed by atoms with Crippen molar-refractivity contribution in [1.29, 1.82) is 0 Å². The molecule has 27 heavy (non-hydrogen) atoms. The van der Waals surface area contributed by atoms with Crippen LogP contribution in [0.4, 0.5) is 5.95 Å². The van der Waals surface area contributed by atoms with Crippen molar-refractivity contribution in [1.82, 2.24) is 19.9 Å². The van der Waals surface area contributed by atoms with Crippen molar-refractivity contribution in [3.8, 4) is 5.88 Å². The second kappa shape index (κ2) is 10.7. The number of aromatic nitrogens is 3. The molecule has 1 saturated heterocycles. The van der Waals surface area contributed by atoms with Gasteiger partial charge >= 0.3 is 0 Å². The molecule has 0 unspecified atom stereocenters. The minimum Gasteiger partial charge on any atom is -0.483 e. The van der Waals surface area contributed by atoms with Gasteiger partial charge in [0.25, 0.3) is 6.47 Å². The molecule has 144 valence electrons. The maximum absolute atomic E-state index is 12.5. The van der Waals surface area contributed by atoms with Gasteiger partial charge in [-0.1, -0.05) is 6.07 Å². The molecular formula is C18H23N5O4. The number of amides is 1. The van der Waals surface area contributed by atoms with E-state index in [-0.39, 0.29) is 12.4 Å². The topological polar surface area (TPSA) is 109 Å². The number of carbonyl (C=O) groups excluding carboxylic acids is 1. The summed E-state index contributed by atoms with van der Waals surface area (Å²) in [6.07, 6.45) is 6.43. The molecule has 3 heterocycles. The lowest BCUT2D eigenvalue weighted by Crippen LogP contribution is -2.36. The van der Waals surface area contributed by atoms with Crippen molar-refractivity contribution < 1.29 is 19.4 Å². The largest absolute Gasteiger partial charge is 0.483 e. The van der Waals surface area contributed by atoms with Crippen molar-refractivity contribution in [3.63, 3.8) is 0 Å². The molecule has 0 aliphatic carbocycles. The number of pyridine rings is 1. The molecule has 1 fully saturated rings. The normalized spacial score (nSPS) is 13.8. The Balaban J connectivity index is 0.000000817. The van der Waals surface area contributed by atoms with E-state index in [4.69, 9.17) is 14.6 Å². The molecule has 1 aliphatic rings. The van der Waals surface area contributed by atoms with Crippen LogP contribution in [-0.2, 0) is 16.0 Å². The number of methoxy groups -OCH3 is 1. The molecule has 3 rings (SSSR count). The standard InChI is InChI=1S/C17H21N5O2.CH2O2/c1-24-15-5-7-19-17(20-15)22-9-3-8-21(10-11-22)16(23)12-14-4-2-6-18-13-14;2-1-3/h2,4-7,13H,3,8-12H2,1H3;1H,(H,2,3). The van der Waals surface area contributed by atoms with E-state index in [9.17, 15) is 4.79 Å². The van der Waals surface area contributed by atoms with Crippen LogP contribution in [-0.4, -0.2) is 70.6 Å². The average molecular weight is 373 g/mol. The molecule has 2 aromatic heterocycles. The third-order valence-electron chi connectivity index (χ3n) is 4.04. The van der Waals surface area contributed by atoms with Gasteiger partial charge in [-0.25, -0.2) is 4.98 Å². The Morgan fingerprint density at radius 1 is 1.26 bits per heavy atom. The van der Waals surface area contributed by atoms with E-state index < -0.39 is 0 Å². The van der Waals surface area contributed by atoms with Crippen LogP contribution in [0, 0.1) is 0 Å². The Morgan fingerprint density at radius 2 is 2.07 bits per heavy atom. The number of anilines is 1. The average Bonchev–Trinajstić information content (AvgIpc) is 2.96. The SMILES string of the molecule is COc1ccnc(N2CCCN(C(=O)Cc3cccnc3)CC2)n1.O=CO. The van der Waals surface area contributed by atoms with Crippen molar-refractivity contribution in [3.05, 3.63) is 42.4 Å². The zero-order chi connectivity index (χ0) is 19.5. The van der Waals surface area contributed by atoms with Crippen LogP contribution >= 0.6 is 0 Å². The van der Waals surface area contributed by atoms with E-state index in [1.807, 2.05) is 17.0 Å². The van der Waals surface area contributed by atoms with Gasteiger partial charge < -0.3 is 19.6 Å². The number of nitrogens with zero attached hydrogens (tertiary/aromatic N) is 5. The smallest absolute Gasteiger partial charge is 0.290 e. The molecule has 0 saturated carbocycles. The first kappa shape index (κ1) is 20.1. The van der Waals surface area contributed by atoms with Gasteiger partial charge in [-0.3, -0.25) is 14.6 Å². The quantitative estimate of drug-likeness (QED) is 0.786. The number of hydrogen-bond acceptors (Lipinski definition) is 7. The molecule has 2 aromatic rings. The fraction of sp³-hybridized carbons (Fsp3) is 0.389. The van der Waals surface area contributed by atoms with Gasteiger partial charge in [0.1, 0.15) is 0 Å².